The zero-order valence-electron chi connectivity index (χ0n) is 11.2. The van der Waals surface area contributed by atoms with Crippen LogP contribution in [-0.2, 0) is 16.6 Å². The fourth-order valence-electron chi connectivity index (χ4n) is 1.87. The van der Waals surface area contributed by atoms with E-state index in [2.05, 4.69) is 32.6 Å². The average Bonchev–Trinajstić information content (AvgIpc) is 3.15. The molecule has 21 heavy (non-hydrogen) atoms. The molecule has 0 spiro atoms. The highest BCUT2D eigenvalue weighted by atomic mass is 127. The molecule has 0 saturated heterocycles. The summed E-state index contributed by atoms with van der Waals surface area (Å²) in [7, 11) is -3.50. The standard InChI is InChI=1S/C14H15IN2O2S2/c15-12-3-1-2-4-13(12)17-21(18,19)14-8-7-11(20-14)9-16-10-5-6-10/h1-4,7-8,10,16-17H,5-6,9H2. The van der Waals surface area contributed by atoms with Gasteiger partial charge in [-0.25, -0.2) is 8.42 Å². The first kappa shape index (κ1) is 15.3. The lowest BCUT2D eigenvalue weighted by molar-refractivity contribution is 0.603. The molecule has 1 aromatic carbocycles. The minimum Gasteiger partial charge on any atom is -0.309 e. The first-order valence-corrected chi connectivity index (χ1v) is 10.0. The monoisotopic (exact) mass is 434 g/mol. The van der Waals surface area contributed by atoms with Gasteiger partial charge >= 0.3 is 0 Å². The van der Waals surface area contributed by atoms with Crippen LogP contribution in [0.5, 0.6) is 0 Å². The van der Waals surface area contributed by atoms with Gasteiger partial charge in [0.1, 0.15) is 4.21 Å². The summed E-state index contributed by atoms with van der Waals surface area (Å²) in [6, 6.07) is 11.5. The van der Waals surface area contributed by atoms with Crippen molar-refractivity contribution in [2.75, 3.05) is 4.72 Å². The van der Waals surface area contributed by atoms with Crippen molar-refractivity contribution in [3.05, 3.63) is 44.8 Å². The molecule has 7 heteroatoms. The Hall–Kier alpha value is -0.640. The van der Waals surface area contributed by atoms with Crippen LogP contribution in [0, 0.1) is 3.57 Å². The van der Waals surface area contributed by atoms with Gasteiger partial charge < -0.3 is 5.32 Å². The second kappa shape index (κ2) is 6.23. The van der Waals surface area contributed by atoms with Crippen LogP contribution in [0.2, 0.25) is 0 Å². The molecule has 1 saturated carbocycles. The molecule has 4 nitrogen and oxygen atoms in total. The number of hydrogen-bond acceptors (Lipinski definition) is 4. The minimum absolute atomic E-state index is 0.356. The van der Waals surface area contributed by atoms with E-state index >= 15 is 0 Å². The van der Waals surface area contributed by atoms with E-state index in [1.165, 1.54) is 24.2 Å². The van der Waals surface area contributed by atoms with Gasteiger partial charge in [-0.05, 0) is 59.7 Å². The lowest BCUT2D eigenvalue weighted by atomic mass is 10.3. The number of nitrogens with one attached hydrogen (secondary N) is 2. The van der Waals surface area contributed by atoms with Gasteiger partial charge in [0.05, 0.1) is 5.69 Å². The van der Waals surface area contributed by atoms with Crippen molar-refractivity contribution in [2.45, 2.75) is 29.6 Å². The van der Waals surface area contributed by atoms with Crippen LogP contribution >= 0.6 is 33.9 Å². The van der Waals surface area contributed by atoms with Crippen LogP contribution in [0.3, 0.4) is 0 Å². The third-order valence-corrected chi connectivity index (χ3v) is 7.05. The van der Waals surface area contributed by atoms with E-state index in [0.717, 1.165) is 15.0 Å². The Morgan fingerprint density at radius 3 is 2.67 bits per heavy atom. The Morgan fingerprint density at radius 1 is 1.19 bits per heavy atom. The van der Waals surface area contributed by atoms with Gasteiger partial charge in [0, 0.05) is 21.0 Å². The van der Waals surface area contributed by atoms with Gasteiger partial charge in [0.25, 0.3) is 10.0 Å². The van der Waals surface area contributed by atoms with E-state index < -0.39 is 10.0 Å². The Labute approximate surface area is 142 Å². The molecule has 3 rings (SSSR count). The Bertz CT molecular complexity index is 739. The smallest absolute Gasteiger partial charge is 0.271 e. The van der Waals surface area contributed by atoms with E-state index in [4.69, 9.17) is 0 Å². The summed E-state index contributed by atoms with van der Waals surface area (Å²) in [5.41, 5.74) is 0.615. The first-order valence-electron chi connectivity index (χ1n) is 6.64. The molecule has 1 heterocycles. The number of thiophene rings is 1. The summed E-state index contributed by atoms with van der Waals surface area (Å²) in [4.78, 5) is 1.05. The highest BCUT2D eigenvalue weighted by Gasteiger charge is 2.21. The zero-order chi connectivity index (χ0) is 14.9. The highest BCUT2D eigenvalue weighted by molar-refractivity contribution is 14.1. The molecule has 0 radical (unpaired) electrons. The third-order valence-electron chi connectivity index (χ3n) is 3.16. The van der Waals surface area contributed by atoms with Crippen molar-refractivity contribution >= 4 is 49.6 Å². The van der Waals surface area contributed by atoms with Crippen LogP contribution in [0.4, 0.5) is 5.69 Å². The number of para-hydroxylation sites is 1. The van der Waals surface area contributed by atoms with Crippen molar-refractivity contribution in [3.63, 3.8) is 0 Å². The lowest BCUT2D eigenvalue weighted by Crippen LogP contribution is -2.14. The molecule has 1 aliphatic carbocycles. The molecule has 112 valence electrons. The largest absolute Gasteiger partial charge is 0.309 e. The Balaban J connectivity index is 1.73. The maximum Gasteiger partial charge on any atom is 0.271 e. The summed E-state index contributed by atoms with van der Waals surface area (Å²) in [5.74, 6) is 0. The predicted molar refractivity (Wildman–Crippen MR) is 94.1 cm³/mol. The minimum atomic E-state index is -3.50. The Kier molecular flexibility index (Phi) is 4.53. The molecule has 1 aromatic heterocycles. The fraction of sp³-hybridized carbons (Fsp3) is 0.286. The molecular formula is C14H15IN2O2S2. The summed E-state index contributed by atoms with van der Waals surface area (Å²) in [6.45, 7) is 0.744. The van der Waals surface area contributed by atoms with Crippen molar-refractivity contribution in [1.29, 1.82) is 0 Å². The number of rotatable bonds is 6. The van der Waals surface area contributed by atoms with Gasteiger partial charge in [0.15, 0.2) is 0 Å². The molecule has 1 aliphatic rings. The quantitative estimate of drug-likeness (QED) is 0.686. The highest BCUT2D eigenvalue weighted by Crippen LogP contribution is 2.27. The first-order chi connectivity index (χ1) is 10.0. The van der Waals surface area contributed by atoms with Gasteiger partial charge in [-0.15, -0.1) is 11.3 Å². The molecule has 0 bridgehead atoms. The number of anilines is 1. The maximum absolute atomic E-state index is 12.4. The SMILES string of the molecule is O=S(=O)(Nc1ccccc1I)c1ccc(CNC2CC2)s1. The average molecular weight is 434 g/mol. The van der Waals surface area contributed by atoms with Crippen molar-refractivity contribution in [1.82, 2.24) is 5.32 Å². The van der Waals surface area contributed by atoms with Gasteiger partial charge in [0.2, 0.25) is 0 Å². The zero-order valence-corrected chi connectivity index (χ0v) is 15.0. The number of sulfonamides is 1. The topological polar surface area (TPSA) is 58.2 Å². The van der Waals surface area contributed by atoms with Crippen LogP contribution in [0.15, 0.2) is 40.6 Å². The summed E-state index contributed by atoms with van der Waals surface area (Å²) < 4.78 is 28.7. The lowest BCUT2D eigenvalue weighted by Gasteiger charge is -2.07. The van der Waals surface area contributed by atoms with Crippen LogP contribution < -0.4 is 10.0 Å². The van der Waals surface area contributed by atoms with E-state index in [-0.39, 0.29) is 0 Å². The normalized spacial score (nSPS) is 15.1. The molecule has 0 atom stereocenters. The van der Waals surface area contributed by atoms with Gasteiger partial charge in [-0.3, -0.25) is 4.72 Å². The second-order valence-electron chi connectivity index (χ2n) is 4.96. The third kappa shape index (κ3) is 3.97. The van der Waals surface area contributed by atoms with Crippen molar-refractivity contribution < 1.29 is 8.42 Å². The number of hydrogen-bond donors (Lipinski definition) is 2. The maximum atomic E-state index is 12.4. The molecule has 2 aromatic rings. The fourth-order valence-corrected chi connectivity index (χ4v) is 4.96. The van der Waals surface area contributed by atoms with E-state index in [9.17, 15) is 8.42 Å². The summed E-state index contributed by atoms with van der Waals surface area (Å²) in [5, 5.41) is 3.39. The van der Waals surface area contributed by atoms with E-state index in [0.29, 0.717) is 15.9 Å². The summed E-state index contributed by atoms with van der Waals surface area (Å²) >= 11 is 3.44. The molecule has 1 fully saturated rings. The molecule has 0 amide bonds. The predicted octanol–water partition coefficient (Wildman–Crippen LogP) is 3.41. The van der Waals surface area contributed by atoms with E-state index in [1.54, 1.807) is 12.1 Å². The molecule has 2 N–H and O–H groups in total. The number of benzene rings is 1. The van der Waals surface area contributed by atoms with Gasteiger partial charge in [-0.2, -0.15) is 0 Å². The van der Waals surface area contributed by atoms with Crippen molar-refractivity contribution in [2.24, 2.45) is 0 Å². The van der Waals surface area contributed by atoms with Crippen LogP contribution in [0.1, 0.15) is 17.7 Å². The van der Waals surface area contributed by atoms with Crippen molar-refractivity contribution in [3.8, 4) is 0 Å². The van der Waals surface area contributed by atoms with E-state index in [1.807, 2.05) is 24.3 Å². The second-order valence-corrected chi connectivity index (χ2v) is 9.20. The molecular weight excluding hydrogens is 419 g/mol. The van der Waals surface area contributed by atoms with Gasteiger partial charge in [-0.1, -0.05) is 12.1 Å². The number of halogens is 1. The van der Waals surface area contributed by atoms with Crippen LogP contribution in [0.25, 0.3) is 0 Å². The molecule has 0 unspecified atom stereocenters. The molecule has 0 aliphatic heterocycles. The Morgan fingerprint density at radius 2 is 1.95 bits per heavy atom. The summed E-state index contributed by atoms with van der Waals surface area (Å²) in [6.07, 6.45) is 2.45. The van der Waals surface area contributed by atoms with Crippen LogP contribution in [-0.4, -0.2) is 14.5 Å².